The number of benzene rings is 2. The molecule has 0 spiro atoms. The van der Waals surface area contributed by atoms with Gasteiger partial charge in [0.2, 0.25) is 6.10 Å². The van der Waals surface area contributed by atoms with Crippen LogP contribution in [0.3, 0.4) is 0 Å². The van der Waals surface area contributed by atoms with E-state index >= 15 is 0 Å². The number of hydrogen-bond donors (Lipinski definition) is 1. The number of para-hydroxylation sites is 2. The maximum Gasteiger partial charge on any atom is 0.274 e. The van der Waals surface area contributed by atoms with E-state index in [1.807, 2.05) is 49.4 Å². The van der Waals surface area contributed by atoms with Crippen molar-refractivity contribution in [2.45, 2.75) is 45.1 Å². The van der Waals surface area contributed by atoms with Gasteiger partial charge in [-0.3, -0.25) is 9.59 Å². The molecule has 3 aromatic rings. The van der Waals surface area contributed by atoms with E-state index in [0.29, 0.717) is 29.1 Å². The van der Waals surface area contributed by atoms with Crippen LogP contribution in [-0.2, 0) is 17.9 Å². The zero-order chi connectivity index (χ0) is 22.8. The standard InChI is InChI=1S/C25H28N4O4/c1-17-23(33-22-11-5-4-10-21(22)32-17)24(30)26-16-20-18-8-2-3-9-19(18)25(31)29(27-20)15-14-28-12-6-7-13-28/h2-5,8-11,17,23H,6-7,12-16H2,1H3,(H,26,30). The molecule has 33 heavy (non-hydrogen) atoms. The Kier molecular flexibility index (Phi) is 6.00. The van der Waals surface area contributed by atoms with Crippen molar-refractivity contribution < 1.29 is 14.3 Å². The van der Waals surface area contributed by atoms with Crippen LogP contribution >= 0.6 is 0 Å². The fraction of sp³-hybridized carbons (Fsp3) is 0.400. The molecule has 1 N–H and O–H groups in total. The van der Waals surface area contributed by atoms with Gasteiger partial charge in [0.1, 0.15) is 6.10 Å². The first kappa shape index (κ1) is 21.5. The Balaban J connectivity index is 1.34. The van der Waals surface area contributed by atoms with E-state index in [9.17, 15) is 9.59 Å². The molecule has 8 heteroatoms. The Labute approximate surface area is 192 Å². The molecule has 2 aliphatic heterocycles. The van der Waals surface area contributed by atoms with Crippen molar-refractivity contribution in [2.24, 2.45) is 0 Å². The predicted octanol–water partition coefficient (Wildman–Crippen LogP) is 2.34. The molecule has 2 atom stereocenters. The highest BCUT2D eigenvalue weighted by Crippen LogP contribution is 2.33. The lowest BCUT2D eigenvalue weighted by molar-refractivity contribution is -0.133. The monoisotopic (exact) mass is 448 g/mol. The minimum atomic E-state index is -0.771. The van der Waals surface area contributed by atoms with E-state index in [2.05, 4.69) is 15.3 Å². The fourth-order valence-corrected chi connectivity index (χ4v) is 4.51. The third-order valence-electron chi connectivity index (χ3n) is 6.30. The highest BCUT2D eigenvalue weighted by molar-refractivity contribution is 5.85. The second-order valence-corrected chi connectivity index (χ2v) is 8.60. The first-order valence-electron chi connectivity index (χ1n) is 11.5. The van der Waals surface area contributed by atoms with Crippen molar-refractivity contribution in [3.8, 4) is 11.5 Å². The molecular weight excluding hydrogens is 420 g/mol. The third-order valence-corrected chi connectivity index (χ3v) is 6.30. The lowest BCUT2D eigenvalue weighted by Crippen LogP contribution is -2.49. The summed E-state index contributed by atoms with van der Waals surface area (Å²) in [5.74, 6) is 0.902. The van der Waals surface area contributed by atoms with Crippen LogP contribution in [-0.4, -0.2) is 52.4 Å². The van der Waals surface area contributed by atoms with Gasteiger partial charge in [-0.25, -0.2) is 4.68 Å². The number of ether oxygens (including phenoxy) is 2. The predicted molar refractivity (Wildman–Crippen MR) is 124 cm³/mol. The first-order valence-corrected chi connectivity index (χ1v) is 11.5. The van der Waals surface area contributed by atoms with Crippen LogP contribution in [0.4, 0.5) is 0 Å². The van der Waals surface area contributed by atoms with Gasteiger partial charge < -0.3 is 19.7 Å². The quantitative estimate of drug-likeness (QED) is 0.623. The number of carbonyl (C=O) groups is 1. The Bertz CT molecular complexity index is 1220. The summed E-state index contributed by atoms with van der Waals surface area (Å²) >= 11 is 0. The van der Waals surface area contributed by atoms with Gasteiger partial charge in [0, 0.05) is 11.9 Å². The van der Waals surface area contributed by atoms with E-state index in [4.69, 9.17) is 9.47 Å². The number of carbonyl (C=O) groups excluding carboxylic acids is 1. The molecule has 2 aliphatic rings. The summed E-state index contributed by atoms with van der Waals surface area (Å²) in [6.07, 6.45) is 1.20. The van der Waals surface area contributed by atoms with Gasteiger partial charge in [0.05, 0.1) is 24.2 Å². The van der Waals surface area contributed by atoms with Gasteiger partial charge in [-0.15, -0.1) is 0 Å². The number of hydrogen-bond acceptors (Lipinski definition) is 6. The Morgan fingerprint density at radius 1 is 1.00 bits per heavy atom. The van der Waals surface area contributed by atoms with E-state index < -0.39 is 12.2 Å². The van der Waals surface area contributed by atoms with Gasteiger partial charge in [0.15, 0.2) is 11.5 Å². The molecule has 0 aliphatic carbocycles. The molecule has 1 amide bonds. The van der Waals surface area contributed by atoms with Crippen molar-refractivity contribution >= 4 is 16.7 Å². The zero-order valence-corrected chi connectivity index (χ0v) is 18.7. The summed E-state index contributed by atoms with van der Waals surface area (Å²) in [5, 5.41) is 8.92. The molecule has 5 rings (SSSR count). The smallest absolute Gasteiger partial charge is 0.274 e. The van der Waals surface area contributed by atoms with Crippen molar-refractivity contribution in [2.75, 3.05) is 19.6 Å². The maximum absolute atomic E-state index is 13.0. The maximum atomic E-state index is 13.0. The molecule has 2 unspecified atom stereocenters. The van der Waals surface area contributed by atoms with E-state index in [1.54, 1.807) is 6.07 Å². The second-order valence-electron chi connectivity index (χ2n) is 8.60. The number of nitrogens with zero attached hydrogens (tertiary/aromatic N) is 3. The van der Waals surface area contributed by atoms with Crippen LogP contribution in [0.5, 0.6) is 11.5 Å². The summed E-state index contributed by atoms with van der Waals surface area (Å²) < 4.78 is 13.3. The summed E-state index contributed by atoms with van der Waals surface area (Å²) in [6, 6.07) is 14.7. The van der Waals surface area contributed by atoms with Gasteiger partial charge in [-0.1, -0.05) is 30.3 Å². The van der Waals surface area contributed by atoms with Crippen LogP contribution in [0.15, 0.2) is 53.3 Å². The molecule has 0 saturated carbocycles. The van der Waals surface area contributed by atoms with Crippen molar-refractivity contribution in [3.63, 3.8) is 0 Å². The third kappa shape index (κ3) is 4.43. The molecule has 1 aromatic heterocycles. The molecule has 8 nitrogen and oxygen atoms in total. The first-order chi connectivity index (χ1) is 16.1. The average Bonchev–Trinajstić information content (AvgIpc) is 3.36. The fourth-order valence-electron chi connectivity index (χ4n) is 4.51. The molecule has 1 fully saturated rings. The van der Waals surface area contributed by atoms with Crippen molar-refractivity contribution in [1.29, 1.82) is 0 Å². The number of nitrogens with one attached hydrogen (secondary N) is 1. The number of amides is 1. The largest absolute Gasteiger partial charge is 0.482 e. The van der Waals surface area contributed by atoms with Crippen molar-refractivity contribution in [3.05, 3.63) is 64.6 Å². The van der Waals surface area contributed by atoms with Gasteiger partial charge in [-0.05, 0) is 51.1 Å². The van der Waals surface area contributed by atoms with Crippen LogP contribution in [0.25, 0.3) is 10.8 Å². The van der Waals surface area contributed by atoms with E-state index in [0.717, 1.165) is 25.0 Å². The van der Waals surface area contributed by atoms with Crippen molar-refractivity contribution in [1.82, 2.24) is 20.0 Å². The van der Waals surface area contributed by atoms with Crippen LogP contribution in [0, 0.1) is 0 Å². The molecule has 0 radical (unpaired) electrons. The average molecular weight is 449 g/mol. The molecule has 1 saturated heterocycles. The van der Waals surface area contributed by atoms with Crippen LogP contribution < -0.4 is 20.3 Å². The summed E-state index contributed by atoms with van der Waals surface area (Å²) in [6.45, 7) is 5.45. The summed E-state index contributed by atoms with van der Waals surface area (Å²) in [5.41, 5.74) is 0.555. The molecular formula is C25H28N4O4. The number of rotatable bonds is 6. The minimum Gasteiger partial charge on any atom is -0.482 e. The molecule has 3 heterocycles. The number of aromatic nitrogens is 2. The lowest BCUT2D eigenvalue weighted by Gasteiger charge is -2.31. The number of likely N-dealkylation sites (tertiary alicyclic amines) is 1. The van der Waals surface area contributed by atoms with Gasteiger partial charge in [-0.2, -0.15) is 5.10 Å². The normalized spacial score (nSPS) is 20.2. The topological polar surface area (TPSA) is 85.7 Å². The highest BCUT2D eigenvalue weighted by Gasteiger charge is 2.34. The van der Waals surface area contributed by atoms with E-state index in [1.165, 1.54) is 17.5 Å². The number of fused-ring (bicyclic) bond motifs is 2. The zero-order valence-electron chi connectivity index (χ0n) is 18.7. The highest BCUT2D eigenvalue weighted by atomic mass is 16.6. The Morgan fingerprint density at radius 3 is 2.42 bits per heavy atom. The summed E-state index contributed by atoms with van der Waals surface area (Å²) in [4.78, 5) is 28.3. The summed E-state index contributed by atoms with van der Waals surface area (Å²) in [7, 11) is 0. The van der Waals surface area contributed by atoms with Gasteiger partial charge in [0.25, 0.3) is 11.5 Å². The molecule has 2 aromatic carbocycles. The van der Waals surface area contributed by atoms with E-state index in [-0.39, 0.29) is 18.0 Å². The second kappa shape index (κ2) is 9.23. The van der Waals surface area contributed by atoms with Crippen LogP contribution in [0.1, 0.15) is 25.5 Å². The van der Waals surface area contributed by atoms with Crippen LogP contribution in [0.2, 0.25) is 0 Å². The molecule has 0 bridgehead atoms. The lowest BCUT2D eigenvalue weighted by atomic mass is 10.1. The van der Waals surface area contributed by atoms with Gasteiger partial charge >= 0.3 is 0 Å². The Morgan fingerprint density at radius 2 is 1.67 bits per heavy atom. The Hall–Kier alpha value is -3.39. The minimum absolute atomic E-state index is 0.103. The SMILES string of the molecule is CC1Oc2ccccc2OC1C(=O)NCc1nn(CCN2CCCC2)c(=O)c2ccccc12. The molecule has 172 valence electrons.